The molecule has 18 heavy (non-hydrogen) atoms. The van der Waals surface area contributed by atoms with Crippen LogP contribution in [0.5, 0.6) is 0 Å². The molecule has 3 heteroatoms. The highest BCUT2D eigenvalue weighted by Gasteiger charge is 2.21. The molecular weight excluding hydrogens is 224 g/mol. The molecule has 0 aromatic carbocycles. The molecule has 1 aliphatic heterocycles. The molecule has 0 saturated carbocycles. The summed E-state index contributed by atoms with van der Waals surface area (Å²) in [5.74, 6) is 1.53. The van der Waals surface area contributed by atoms with Crippen molar-refractivity contribution in [3.63, 3.8) is 0 Å². The van der Waals surface area contributed by atoms with Crippen molar-refractivity contribution in [1.82, 2.24) is 4.90 Å². The Morgan fingerprint density at radius 1 is 1.33 bits per heavy atom. The lowest BCUT2D eigenvalue weighted by Crippen LogP contribution is -2.34. The van der Waals surface area contributed by atoms with E-state index in [4.69, 9.17) is 5.73 Å². The SMILES string of the molecule is CCCC1CCCN(C(=O)CC(CC)CN)CC1. The average Bonchev–Trinajstić information content (AvgIpc) is 2.62. The highest BCUT2D eigenvalue weighted by molar-refractivity contribution is 5.76. The van der Waals surface area contributed by atoms with Gasteiger partial charge in [-0.25, -0.2) is 0 Å². The van der Waals surface area contributed by atoms with Gasteiger partial charge in [0.15, 0.2) is 0 Å². The summed E-state index contributed by atoms with van der Waals surface area (Å²) in [7, 11) is 0. The summed E-state index contributed by atoms with van der Waals surface area (Å²) in [6.07, 6.45) is 7.91. The summed E-state index contributed by atoms with van der Waals surface area (Å²) in [4.78, 5) is 14.3. The van der Waals surface area contributed by atoms with Crippen LogP contribution in [0.3, 0.4) is 0 Å². The van der Waals surface area contributed by atoms with E-state index in [9.17, 15) is 4.79 Å². The van der Waals surface area contributed by atoms with Crippen molar-refractivity contribution in [3.8, 4) is 0 Å². The maximum Gasteiger partial charge on any atom is 0.222 e. The number of rotatable bonds is 6. The molecule has 1 fully saturated rings. The Balaban J connectivity index is 2.39. The van der Waals surface area contributed by atoms with Crippen molar-refractivity contribution < 1.29 is 4.79 Å². The highest BCUT2D eigenvalue weighted by atomic mass is 16.2. The predicted octanol–water partition coefficient (Wildman–Crippen LogP) is 2.79. The molecule has 2 unspecified atom stereocenters. The largest absolute Gasteiger partial charge is 0.343 e. The zero-order chi connectivity index (χ0) is 13.4. The van der Waals surface area contributed by atoms with Gasteiger partial charge in [0.25, 0.3) is 0 Å². The number of amides is 1. The lowest BCUT2D eigenvalue weighted by molar-refractivity contribution is -0.132. The first-order valence-corrected chi connectivity index (χ1v) is 7.69. The predicted molar refractivity (Wildman–Crippen MR) is 76.3 cm³/mol. The minimum Gasteiger partial charge on any atom is -0.343 e. The molecule has 2 atom stereocenters. The monoisotopic (exact) mass is 254 g/mol. The van der Waals surface area contributed by atoms with E-state index < -0.39 is 0 Å². The van der Waals surface area contributed by atoms with E-state index in [1.165, 1.54) is 32.1 Å². The van der Waals surface area contributed by atoms with Crippen LogP contribution in [-0.4, -0.2) is 30.4 Å². The third kappa shape index (κ3) is 4.97. The molecule has 3 nitrogen and oxygen atoms in total. The lowest BCUT2D eigenvalue weighted by Gasteiger charge is -2.23. The third-order valence-corrected chi connectivity index (χ3v) is 4.27. The molecule has 0 aromatic heterocycles. The Morgan fingerprint density at radius 3 is 2.72 bits per heavy atom. The number of nitrogens with two attached hydrogens (primary N) is 1. The van der Waals surface area contributed by atoms with Crippen LogP contribution in [0.15, 0.2) is 0 Å². The van der Waals surface area contributed by atoms with Crippen LogP contribution in [0.2, 0.25) is 0 Å². The Morgan fingerprint density at radius 2 is 2.11 bits per heavy atom. The maximum atomic E-state index is 12.2. The molecule has 0 aromatic rings. The van der Waals surface area contributed by atoms with Gasteiger partial charge in [0.1, 0.15) is 0 Å². The highest BCUT2D eigenvalue weighted by Crippen LogP contribution is 2.22. The van der Waals surface area contributed by atoms with Crippen molar-refractivity contribution in [2.45, 2.75) is 58.8 Å². The van der Waals surface area contributed by atoms with Crippen LogP contribution < -0.4 is 5.73 Å². The fraction of sp³-hybridized carbons (Fsp3) is 0.933. The van der Waals surface area contributed by atoms with Gasteiger partial charge in [0.05, 0.1) is 0 Å². The summed E-state index contributed by atoms with van der Waals surface area (Å²) < 4.78 is 0. The lowest BCUT2D eigenvalue weighted by atomic mass is 9.96. The van der Waals surface area contributed by atoms with E-state index in [0.717, 1.165) is 25.4 Å². The Bertz CT molecular complexity index is 239. The van der Waals surface area contributed by atoms with Crippen LogP contribution >= 0.6 is 0 Å². The van der Waals surface area contributed by atoms with E-state index in [1.807, 2.05) is 0 Å². The fourth-order valence-electron chi connectivity index (χ4n) is 2.88. The second-order valence-corrected chi connectivity index (χ2v) is 5.68. The van der Waals surface area contributed by atoms with Gasteiger partial charge >= 0.3 is 0 Å². The smallest absolute Gasteiger partial charge is 0.222 e. The second-order valence-electron chi connectivity index (χ2n) is 5.68. The average molecular weight is 254 g/mol. The molecule has 1 saturated heterocycles. The van der Waals surface area contributed by atoms with Crippen molar-refractivity contribution in [3.05, 3.63) is 0 Å². The second kappa shape index (κ2) is 8.52. The number of carbonyl (C=O) groups is 1. The van der Waals surface area contributed by atoms with Crippen molar-refractivity contribution in [1.29, 1.82) is 0 Å². The molecule has 1 heterocycles. The van der Waals surface area contributed by atoms with Gasteiger partial charge in [0, 0.05) is 19.5 Å². The van der Waals surface area contributed by atoms with Gasteiger partial charge in [-0.05, 0) is 37.6 Å². The van der Waals surface area contributed by atoms with Gasteiger partial charge in [-0.3, -0.25) is 4.79 Å². The summed E-state index contributed by atoms with van der Waals surface area (Å²) in [5, 5.41) is 0. The Kier molecular flexibility index (Phi) is 7.33. The molecule has 2 N–H and O–H groups in total. The normalized spacial score (nSPS) is 22.6. The molecule has 0 radical (unpaired) electrons. The standard InChI is InChI=1S/C15H30N2O/c1-3-6-14-7-5-9-17(10-8-14)15(18)11-13(4-2)12-16/h13-14H,3-12,16H2,1-2H3. The van der Waals surface area contributed by atoms with Gasteiger partial charge in [-0.1, -0.05) is 33.1 Å². The van der Waals surface area contributed by atoms with E-state index in [-0.39, 0.29) is 0 Å². The number of nitrogens with zero attached hydrogens (tertiary/aromatic N) is 1. The zero-order valence-corrected chi connectivity index (χ0v) is 12.2. The fourth-order valence-corrected chi connectivity index (χ4v) is 2.88. The van der Waals surface area contributed by atoms with Crippen molar-refractivity contribution in [2.75, 3.05) is 19.6 Å². The molecule has 106 valence electrons. The van der Waals surface area contributed by atoms with Gasteiger partial charge in [0.2, 0.25) is 5.91 Å². The summed E-state index contributed by atoms with van der Waals surface area (Å²) >= 11 is 0. The van der Waals surface area contributed by atoms with Crippen LogP contribution in [-0.2, 0) is 4.79 Å². The number of hydrogen-bond donors (Lipinski definition) is 1. The van der Waals surface area contributed by atoms with Crippen LogP contribution in [0.4, 0.5) is 0 Å². The molecular formula is C15H30N2O. The first-order chi connectivity index (χ1) is 8.71. The minimum atomic E-state index is 0.324. The van der Waals surface area contributed by atoms with Gasteiger partial charge in [-0.15, -0.1) is 0 Å². The number of hydrogen-bond acceptors (Lipinski definition) is 2. The molecule has 1 rings (SSSR count). The van der Waals surface area contributed by atoms with Crippen LogP contribution in [0.25, 0.3) is 0 Å². The van der Waals surface area contributed by atoms with Crippen molar-refractivity contribution in [2.24, 2.45) is 17.6 Å². The maximum absolute atomic E-state index is 12.2. The minimum absolute atomic E-state index is 0.324. The first kappa shape index (κ1) is 15.5. The molecule has 0 bridgehead atoms. The molecule has 0 spiro atoms. The van der Waals surface area contributed by atoms with Crippen LogP contribution in [0.1, 0.15) is 58.8 Å². The van der Waals surface area contributed by atoms with E-state index in [1.54, 1.807) is 0 Å². The topological polar surface area (TPSA) is 46.3 Å². The zero-order valence-electron chi connectivity index (χ0n) is 12.2. The summed E-state index contributed by atoms with van der Waals surface area (Å²) in [6, 6.07) is 0. The van der Waals surface area contributed by atoms with Crippen LogP contribution in [0, 0.1) is 11.8 Å². The molecule has 1 aliphatic rings. The molecule has 0 aliphatic carbocycles. The van der Waals surface area contributed by atoms with Gasteiger partial charge in [-0.2, -0.15) is 0 Å². The quantitative estimate of drug-likeness (QED) is 0.792. The van der Waals surface area contributed by atoms with E-state index >= 15 is 0 Å². The van der Waals surface area contributed by atoms with Gasteiger partial charge < -0.3 is 10.6 Å². The number of likely N-dealkylation sites (tertiary alicyclic amines) is 1. The molecule has 1 amide bonds. The summed E-state index contributed by atoms with van der Waals surface area (Å²) in [6.45, 7) is 6.92. The third-order valence-electron chi connectivity index (χ3n) is 4.27. The first-order valence-electron chi connectivity index (χ1n) is 7.69. The Hall–Kier alpha value is -0.570. The Labute approximate surface area is 112 Å². The summed E-state index contributed by atoms with van der Waals surface area (Å²) in [5.41, 5.74) is 5.68. The number of carbonyl (C=O) groups excluding carboxylic acids is 1. The van der Waals surface area contributed by atoms with E-state index in [0.29, 0.717) is 24.8 Å². The van der Waals surface area contributed by atoms with Crippen molar-refractivity contribution >= 4 is 5.91 Å². The van der Waals surface area contributed by atoms with E-state index in [2.05, 4.69) is 18.7 Å².